The lowest BCUT2D eigenvalue weighted by atomic mass is 9.96. The van der Waals surface area contributed by atoms with Gasteiger partial charge < -0.3 is 5.73 Å². The molecule has 0 spiro atoms. The summed E-state index contributed by atoms with van der Waals surface area (Å²) in [5.74, 6) is 0. The summed E-state index contributed by atoms with van der Waals surface area (Å²) in [5.41, 5.74) is 6.83. The summed E-state index contributed by atoms with van der Waals surface area (Å²) in [6.45, 7) is 4.00. The predicted molar refractivity (Wildman–Crippen MR) is 61.1 cm³/mol. The highest BCUT2D eigenvalue weighted by Crippen LogP contribution is 2.14. The van der Waals surface area contributed by atoms with E-state index < -0.39 is 0 Å². The average molecular weight is 209 g/mol. The van der Waals surface area contributed by atoms with Crippen LogP contribution in [0.4, 0.5) is 14.1 Å². The highest BCUT2D eigenvalue weighted by atomic mass is 19.0. The van der Waals surface area contributed by atoms with E-state index in [9.17, 15) is 0 Å². The van der Waals surface area contributed by atoms with Crippen LogP contribution < -0.4 is 5.73 Å². The van der Waals surface area contributed by atoms with Crippen molar-refractivity contribution in [2.45, 2.75) is 19.4 Å². The lowest BCUT2D eigenvalue weighted by Crippen LogP contribution is -2.28. The maximum atomic E-state index is 5.86. The van der Waals surface area contributed by atoms with Crippen LogP contribution in [0.1, 0.15) is 19.4 Å². The minimum Gasteiger partial charge on any atom is -0.322 e. The first-order valence-electron chi connectivity index (χ1n) is 3.45. The Morgan fingerprint density at radius 1 is 0.929 bits per heavy atom. The van der Waals surface area contributed by atoms with Gasteiger partial charge in [-0.2, -0.15) is 0 Å². The van der Waals surface area contributed by atoms with Crippen molar-refractivity contribution in [1.29, 1.82) is 0 Å². The lowest BCUT2D eigenvalue weighted by Gasteiger charge is -2.18. The van der Waals surface area contributed by atoms with E-state index >= 15 is 0 Å². The molecule has 0 fully saturated rings. The van der Waals surface area contributed by atoms with Crippen LogP contribution in [-0.4, -0.2) is 8.41 Å². The van der Waals surface area contributed by atoms with Gasteiger partial charge in [0.05, 0.1) is 8.41 Å². The van der Waals surface area contributed by atoms with Gasteiger partial charge in [0.25, 0.3) is 0 Å². The Kier molecular flexibility index (Phi) is 14.2. The Balaban J connectivity index is -0.000000125. The zero-order chi connectivity index (χ0) is 7.61. The van der Waals surface area contributed by atoms with Crippen molar-refractivity contribution in [3.8, 4) is 0 Å². The Morgan fingerprint density at radius 3 is 1.50 bits per heavy atom. The molecule has 1 rings (SSSR count). The Morgan fingerprint density at radius 2 is 1.29 bits per heavy atom. The largest absolute Gasteiger partial charge is 0.322 e. The molecule has 0 unspecified atom stereocenters. The van der Waals surface area contributed by atoms with Crippen LogP contribution in [0.5, 0.6) is 0 Å². The molecule has 1 aromatic rings. The second kappa shape index (κ2) is 8.63. The van der Waals surface area contributed by atoms with E-state index in [0.717, 1.165) is 0 Å². The fourth-order valence-corrected chi connectivity index (χ4v) is 0.868. The molecule has 0 radical (unpaired) electrons. The monoisotopic (exact) mass is 209 g/mol. The third kappa shape index (κ3) is 6.54. The smallest absolute Gasteiger partial charge is 0.0814 e. The molecular formula is C9H19BF3N. The van der Waals surface area contributed by atoms with Crippen molar-refractivity contribution in [2.24, 2.45) is 5.73 Å². The van der Waals surface area contributed by atoms with E-state index in [1.54, 1.807) is 0 Å². The molecule has 5 heteroatoms. The van der Waals surface area contributed by atoms with Gasteiger partial charge in [-0.05, 0) is 19.4 Å². The van der Waals surface area contributed by atoms with Gasteiger partial charge >= 0.3 is 0 Å². The van der Waals surface area contributed by atoms with Crippen molar-refractivity contribution >= 4 is 8.41 Å². The van der Waals surface area contributed by atoms with Crippen molar-refractivity contribution < 1.29 is 14.1 Å². The van der Waals surface area contributed by atoms with Gasteiger partial charge in [-0.25, -0.2) is 0 Å². The quantitative estimate of drug-likeness (QED) is 0.690. The van der Waals surface area contributed by atoms with E-state index in [1.807, 2.05) is 44.2 Å². The third-order valence-electron chi connectivity index (χ3n) is 1.52. The highest BCUT2D eigenvalue weighted by Gasteiger charge is 2.11. The Bertz CT molecular complexity index is 211. The van der Waals surface area contributed by atoms with Gasteiger partial charge in [-0.15, -0.1) is 0 Å². The minimum atomic E-state index is -0.207. The molecule has 0 aliphatic rings. The van der Waals surface area contributed by atoms with Crippen LogP contribution in [0.25, 0.3) is 0 Å². The molecule has 0 bridgehead atoms. The fraction of sp³-hybridized carbons (Fsp3) is 0.333. The number of benzene rings is 1. The van der Waals surface area contributed by atoms with E-state index in [2.05, 4.69) is 0 Å². The van der Waals surface area contributed by atoms with Gasteiger partial charge in [-0.1, -0.05) is 30.3 Å². The number of nitrogens with two attached hydrogens (primary N) is 1. The van der Waals surface area contributed by atoms with Crippen LogP contribution >= 0.6 is 0 Å². The maximum Gasteiger partial charge on any atom is 0.0814 e. The molecule has 0 atom stereocenters. The van der Waals surface area contributed by atoms with E-state index in [1.165, 1.54) is 5.56 Å². The summed E-state index contributed by atoms with van der Waals surface area (Å²) in [6.07, 6.45) is 0. The van der Waals surface area contributed by atoms with Crippen molar-refractivity contribution in [3.05, 3.63) is 35.9 Å². The number of hydrogen-bond donors (Lipinski definition) is 1. The van der Waals surface area contributed by atoms with Crippen molar-refractivity contribution in [1.82, 2.24) is 0 Å². The topological polar surface area (TPSA) is 26.0 Å². The molecule has 14 heavy (non-hydrogen) atoms. The summed E-state index contributed by atoms with van der Waals surface area (Å²) in [4.78, 5) is 0. The Labute approximate surface area is 84.4 Å². The first-order chi connectivity index (χ1) is 4.61. The number of halogens is 3. The highest BCUT2D eigenvalue weighted by molar-refractivity contribution is 5.75. The van der Waals surface area contributed by atoms with Gasteiger partial charge in [0.1, 0.15) is 0 Å². The lowest BCUT2D eigenvalue weighted by molar-refractivity contribution is 0.554. The average Bonchev–Trinajstić information content (AvgIpc) is 1.88. The minimum absolute atomic E-state index is 0. The van der Waals surface area contributed by atoms with Crippen LogP contribution in [0, 0.1) is 0 Å². The zero-order valence-electron chi connectivity index (χ0n) is 7.69. The molecule has 0 saturated heterocycles. The summed E-state index contributed by atoms with van der Waals surface area (Å²) < 4.78 is 0. The van der Waals surface area contributed by atoms with E-state index in [0.29, 0.717) is 0 Å². The molecule has 84 valence electrons. The molecule has 1 nitrogen and oxygen atoms in total. The van der Waals surface area contributed by atoms with E-state index in [4.69, 9.17) is 5.73 Å². The molecule has 0 aromatic heterocycles. The predicted octanol–water partition coefficient (Wildman–Crippen LogP) is 1.15. The first-order valence-corrected chi connectivity index (χ1v) is 3.45. The first kappa shape index (κ1) is 23.1. The van der Waals surface area contributed by atoms with Crippen molar-refractivity contribution in [3.63, 3.8) is 0 Å². The molecule has 1 aromatic carbocycles. The second-order valence-corrected chi connectivity index (χ2v) is 3.09. The molecule has 2 N–H and O–H groups in total. The van der Waals surface area contributed by atoms with Crippen LogP contribution in [0.3, 0.4) is 0 Å². The summed E-state index contributed by atoms with van der Waals surface area (Å²) in [5, 5.41) is 0. The maximum absolute atomic E-state index is 5.86. The molecule has 0 aliphatic carbocycles. The molecule has 0 saturated carbocycles. The molecule has 0 heterocycles. The van der Waals surface area contributed by atoms with Gasteiger partial charge in [0.2, 0.25) is 0 Å². The van der Waals surface area contributed by atoms with Crippen LogP contribution in [0.15, 0.2) is 30.3 Å². The normalized spacial score (nSPS) is 8.21. The zero-order valence-corrected chi connectivity index (χ0v) is 7.69. The summed E-state index contributed by atoms with van der Waals surface area (Å²) >= 11 is 0. The SMILES string of the molecule is B.CC(C)(N)c1ccccc1.F.F.F. The van der Waals surface area contributed by atoms with Gasteiger partial charge in [0.15, 0.2) is 0 Å². The molecule has 0 amide bonds. The number of hydrogen-bond acceptors (Lipinski definition) is 1. The molecular weight excluding hydrogens is 190 g/mol. The standard InChI is InChI=1S/C9H13N.BH3.3FH/c1-9(2,10)8-6-4-3-5-7-8;;;;/h3-7H,10H2,1-2H3;1H3;3*1H. The Hall–Kier alpha value is -0.965. The number of rotatable bonds is 1. The fourth-order valence-electron chi connectivity index (χ4n) is 0.868. The molecule has 0 aliphatic heterocycles. The van der Waals surface area contributed by atoms with Gasteiger partial charge in [-0.3, -0.25) is 14.1 Å². The summed E-state index contributed by atoms with van der Waals surface area (Å²) in [7, 11) is 0. The second-order valence-electron chi connectivity index (χ2n) is 3.09. The third-order valence-corrected chi connectivity index (χ3v) is 1.52. The van der Waals surface area contributed by atoms with Crippen LogP contribution in [-0.2, 0) is 5.54 Å². The van der Waals surface area contributed by atoms with Gasteiger partial charge in [0, 0.05) is 5.54 Å². The van der Waals surface area contributed by atoms with E-state index in [-0.39, 0.29) is 28.1 Å². The summed E-state index contributed by atoms with van der Waals surface area (Å²) in [6, 6.07) is 10.1. The van der Waals surface area contributed by atoms with Crippen LogP contribution in [0.2, 0.25) is 0 Å². The van der Waals surface area contributed by atoms with Crippen molar-refractivity contribution in [2.75, 3.05) is 0 Å².